The lowest BCUT2D eigenvalue weighted by atomic mass is 10.2. The van der Waals surface area contributed by atoms with Crippen LogP contribution in [0, 0.1) is 5.92 Å². The Balaban J connectivity index is 0.00000400. The molecule has 0 spiro atoms. The van der Waals surface area contributed by atoms with E-state index in [1.165, 1.54) is 0 Å². The van der Waals surface area contributed by atoms with E-state index in [1.54, 1.807) is 13.4 Å². The van der Waals surface area contributed by atoms with Crippen LogP contribution >= 0.6 is 24.0 Å². The summed E-state index contributed by atoms with van der Waals surface area (Å²) in [6.45, 7) is 7.31. The standard InChI is InChI=1S/C13H26N6O.HI/c1-11(2)9-20-7-5-6-15-13(14-3)16-8-12-18-17-10-19(12)4;/h10-11H,5-9H2,1-4H3,(H2,14,15,16);1H. The molecule has 1 heterocycles. The highest BCUT2D eigenvalue weighted by atomic mass is 127. The molecule has 1 aromatic rings. The number of guanidine groups is 1. The zero-order chi connectivity index (χ0) is 14.8. The van der Waals surface area contributed by atoms with Gasteiger partial charge in [0.05, 0.1) is 6.54 Å². The third-order valence-corrected chi connectivity index (χ3v) is 2.65. The van der Waals surface area contributed by atoms with Gasteiger partial charge in [-0.2, -0.15) is 0 Å². The zero-order valence-corrected chi connectivity index (χ0v) is 15.6. The van der Waals surface area contributed by atoms with E-state index in [9.17, 15) is 0 Å². The quantitative estimate of drug-likeness (QED) is 0.291. The van der Waals surface area contributed by atoms with Gasteiger partial charge in [-0.15, -0.1) is 34.2 Å². The summed E-state index contributed by atoms with van der Waals surface area (Å²) in [5.41, 5.74) is 0. The number of halogens is 1. The van der Waals surface area contributed by atoms with E-state index in [1.807, 2.05) is 11.6 Å². The van der Waals surface area contributed by atoms with Gasteiger partial charge in [0.2, 0.25) is 0 Å². The molecule has 0 atom stereocenters. The summed E-state index contributed by atoms with van der Waals surface area (Å²) in [5.74, 6) is 2.22. The van der Waals surface area contributed by atoms with Crippen LogP contribution < -0.4 is 10.6 Å². The molecule has 0 aromatic carbocycles. The first-order valence-electron chi connectivity index (χ1n) is 6.98. The maximum atomic E-state index is 5.52. The first kappa shape index (κ1) is 20.1. The summed E-state index contributed by atoms with van der Waals surface area (Å²) >= 11 is 0. The summed E-state index contributed by atoms with van der Waals surface area (Å²) in [6, 6.07) is 0. The highest BCUT2D eigenvalue weighted by molar-refractivity contribution is 14.0. The van der Waals surface area contributed by atoms with Crippen LogP contribution in [-0.4, -0.2) is 47.5 Å². The predicted octanol–water partition coefficient (Wildman–Crippen LogP) is 1.16. The van der Waals surface area contributed by atoms with Crippen LogP contribution in [0.15, 0.2) is 11.3 Å². The Kier molecular flexibility index (Phi) is 11.2. The highest BCUT2D eigenvalue weighted by Crippen LogP contribution is 1.93. The van der Waals surface area contributed by atoms with Crippen molar-refractivity contribution in [2.75, 3.05) is 26.8 Å². The number of aliphatic imine (C=N–C) groups is 1. The molecule has 0 aliphatic rings. The molecule has 0 saturated carbocycles. The average molecular weight is 410 g/mol. The lowest BCUT2D eigenvalue weighted by Gasteiger charge is -2.12. The third kappa shape index (κ3) is 8.86. The minimum absolute atomic E-state index is 0. The number of nitrogens with one attached hydrogen (secondary N) is 2. The molecule has 0 aliphatic heterocycles. The predicted molar refractivity (Wildman–Crippen MR) is 94.9 cm³/mol. The molecule has 0 bridgehead atoms. The Hall–Kier alpha value is -0.900. The lowest BCUT2D eigenvalue weighted by Crippen LogP contribution is -2.38. The number of hydrogen-bond acceptors (Lipinski definition) is 4. The molecule has 122 valence electrons. The Labute approximate surface area is 144 Å². The number of aromatic nitrogens is 3. The van der Waals surface area contributed by atoms with Gasteiger partial charge in [-0.25, -0.2) is 0 Å². The van der Waals surface area contributed by atoms with E-state index in [2.05, 4.69) is 39.7 Å². The topological polar surface area (TPSA) is 76.4 Å². The molecule has 2 N–H and O–H groups in total. The SMILES string of the molecule is CN=C(NCCCOCC(C)C)NCc1nncn1C.I. The fraction of sp³-hybridized carbons (Fsp3) is 0.769. The van der Waals surface area contributed by atoms with Crippen molar-refractivity contribution in [3.05, 3.63) is 12.2 Å². The fourth-order valence-electron chi connectivity index (χ4n) is 1.55. The van der Waals surface area contributed by atoms with Gasteiger partial charge in [0.15, 0.2) is 11.8 Å². The maximum Gasteiger partial charge on any atom is 0.191 e. The summed E-state index contributed by atoms with van der Waals surface area (Å²) in [5, 5.41) is 14.3. The van der Waals surface area contributed by atoms with Crippen molar-refractivity contribution >= 4 is 29.9 Å². The molecule has 0 unspecified atom stereocenters. The van der Waals surface area contributed by atoms with E-state index >= 15 is 0 Å². The summed E-state index contributed by atoms with van der Waals surface area (Å²) in [4.78, 5) is 4.16. The van der Waals surface area contributed by atoms with E-state index in [4.69, 9.17) is 4.74 Å². The minimum Gasteiger partial charge on any atom is -0.381 e. The van der Waals surface area contributed by atoms with Crippen LogP contribution in [0.25, 0.3) is 0 Å². The van der Waals surface area contributed by atoms with Gasteiger partial charge in [-0.1, -0.05) is 13.8 Å². The summed E-state index contributed by atoms with van der Waals surface area (Å²) < 4.78 is 7.40. The fourth-order valence-corrected chi connectivity index (χ4v) is 1.55. The largest absolute Gasteiger partial charge is 0.381 e. The average Bonchev–Trinajstić information content (AvgIpc) is 2.82. The van der Waals surface area contributed by atoms with Gasteiger partial charge in [-0.3, -0.25) is 4.99 Å². The number of nitrogens with zero attached hydrogens (tertiary/aromatic N) is 4. The lowest BCUT2D eigenvalue weighted by molar-refractivity contribution is 0.108. The van der Waals surface area contributed by atoms with Gasteiger partial charge >= 0.3 is 0 Å². The van der Waals surface area contributed by atoms with Gasteiger partial charge in [0, 0.05) is 33.9 Å². The Bertz CT molecular complexity index is 407. The Morgan fingerprint density at radius 1 is 1.43 bits per heavy atom. The van der Waals surface area contributed by atoms with Crippen molar-refractivity contribution in [1.82, 2.24) is 25.4 Å². The van der Waals surface area contributed by atoms with Crippen molar-refractivity contribution in [3.8, 4) is 0 Å². The van der Waals surface area contributed by atoms with Gasteiger partial charge in [-0.05, 0) is 12.3 Å². The summed E-state index contributed by atoms with van der Waals surface area (Å²) in [7, 11) is 3.67. The molecule has 7 nitrogen and oxygen atoms in total. The van der Waals surface area contributed by atoms with Crippen molar-refractivity contribution in [2.24, 2.45) is 18.0 Å². The molecular weight excluding hydrogens is 383 g/mol. The van der Waals surface area contributed by atoms with Crippen molar-refractivity contribution < 1.29 is 4.74 Å². The van der Waals surface area contributed by atoms with Crippen LogP contribution in [-0.2, 0) is 18.3 Å². The number of rotatable bonds is 8. The number of aryl methyl sites for hydroxylation is 1. The molecule has 0 aliphatic carbocycles. The normalized spacial score (nSPS) is 11.4. The molecule has 0 amide bonds. The molecule has 0 saturated heterocycles. The number of ether oxygens (including phenoxy) is 1. The van der Waals surface area contributed by atoms with E-state index in [-0.39, 0.29) is 24.0 Å². The third-order valence-electron chi connectivity index (χ3n) is 2.65. The van der Waals surface area contributed by atoms with Crippen molar-refractivity contribution in [2.45, 2.75) is 26.8 Å². The second-order valence-corrected chi connectivity index (χ2v) is 5.03. The van der Waals surface area contributed by atoms with Crippen LogP contribution in [0.4, 0.5) is 0 Å². The Morgan fingerprint density at radius 2 is 2.19 bits per heavy atom. The van der Waals surface area contributed by atoms with Crippen LogP contribution in [0.1, 0.15) is 26.1 Å². The van der Waals surface area contributed by atoms with Crippen LogP contribution in [0.3, 0.4) is 0 Å². The highest BCUT2D eigenvalue weighted by Gasteiger charge is 2.02. The van der Waals surface area contributed by atoms with E-state index in [0.29, 0.717) is 12.5 Å². The number of hydrogen-bond donors (Lipinski definition) is 2. The molecular formula is C13H27IN6O. The molecule has 1 rings (SSSR count). The Morgan fingerprint density at radius 3 is 2.76 bits per heavy atom. The smallest absolute Gasteiger partial charge is 0.191 e. The monoisotopic (exact) mass is 410 g/mol. The van der Waals surface area contributed by atoms with Crippen LogP contribution in [0.2, 0.25) is 0 Å². The molecule has 1 aromatic heterocycles. The maximum absolute atomic E-state index is 5.52. The van der Waals surface area contributed by atoms with Gasteiger partial charge in [0.1, 0.15) is 6.33 Å². The van der Waals surface area contributed by atoms with E-state index < -0.39 is 0 Å². The first-order chi connectivity index (χ1) is 9.63. The summed E-state index contributed by atoms with van der Waals surface area (Å²) in [6.07, 6.45) is 2.64. The molecule has 21 heavy (non-hydrogen) atoms. The van der Waals surface area contributed by atoms with Crippen molar-refractivity contribution in [3.63, 3.8) is 0 Å². The van der Waals surface area contributed by atoms with Crippen LogP contribution in [0.5, 0.6) is 0 Å². The minimum atomic E-state index is 0. The molecule has 0 fully saturated rings. The molecule has 8 heteroatoms. The first-order valence-corrected chi connectivity index (χ1v) is 6.98. The van der Waals surface area contributed by atoms with E-state index in [0.717, 1.165) is 38.0 Å². The second-order valence-electron chi connectivity index (χ2n) is 5.03. The van der Waals surface area contributed by atoms with Gasteiger partial charge in [0.25, 0.3) is 0 Å². The molecule has 0 radical (unpaired) electrons. The second kappa shape index (κ2) is 11.7. The van der Waals surface area contributed by atoms with Gasteiger partial charge < -0.3 is 19.9 Å². The zero-order valence-electron chi connectivity index (χ0n) is 13.3. The van der Waals surface area contributed by atoms with Crippen molar-refractivity contribution in [1.29, 1.82) is 0 Å².